The molecule has 4 aromatic rings. The predicted octanol–water partition coefficient (Wildman–Crippen LogP) is 3.24. The first kappa shape index (κ1) is 20.9. The van der Waals surface area contributed by atoms with Crippen molar-refractivity contribution in [2.75, 3.05) is 19.3 Å². The van der Waals surface area contributed by atoms with Crippen LogP contribution in [0.4, 0.5) is 4.39 Å². The number of rotatable bonds is 4. The Morgan fingerprint density at radius 1 is 1.16 bits per heavy atom. The first-order chi connectivity index (χ1) is 15.5. The minimum Gasteiger partial charge on any atom is -0.615 e. The fraction of sp³-hybridized carbons (Fsp3) is 0.364. The fourth-order valence-electron chi connectivity index (χ4n) is 4.21. The highest BCUT2D eigenvalue weighted by Crippen LogP contribution is 2.29. The molecule has 1 fully saturated rings. The van der Waals surface area contributed by atoms with Crippen LogP contribution in [0, 0.1) is 5.82 Å². The number of carbonyl (C=O) groups is 1. The smallest absolute Gasteiger partial charge is 0.272 e. The molecule has 1 amide bonds. The summed E-state index contributed by atoms with van der Waals surface area (Å²) in [6.45, 7) is 1.46. The van der Waals surface area contributed by atoms with Gasteiger partial charge in [-0.15, -0.1) is 0 Å². The van der Waals surface area contributed by atoms with Crippen LogP contribution in [0.25, 0.3) is 27.9 Å². The van der Waals surface area contributed by atoms with Gasteiger partial charge in [-0.2, -0.15) is 5.10 Å². The van der Waals surface area contributed by atoms with Gasteiger partial charge < -0.3 is 9.45 Å². The molecule has 0 aromatic carbocycles. The van der Waals surface area contributed by atoms with Gasteiger partial charge in [0.1, 0.15) is 22.9 Å². The number of carbonyl (C=O) groups excluding carboxylic acids is 1. The second-order valence-electron chi connectivity index (χ2n) is 8.06. The molecule has 0 bridgehead atoms. The summed E-state index contributed by atoms with van der Waals surface area (Å²) in [5.41, 5.74) is 2.74. The number of hydrogen-bond donors (Lipinski definition) is 0. The Hall–Kier alpha value is -2.98. The van der Waals surface area contributed by atoms with E-state index in [9.17, 15) is 13.7 Å². The van der Waals surface area contributed by atoms with Crippen molar-refractivity contribution in [3.63, 3.8) is 0 Å². The summed E-state index contributed by atoms with van der Waals surface area (Å²) in [6.07, 6.45) is 10.5. The summed E-state index contributed by atoms with van der Waals surface area (Å²) in [4.78, 5) is 23.7. The van der Waals surface area contributed by atoms with E-state index in [-0.39, 0.29) is 11.8 Å². The Morgan fingerprint density at radius 3 is 2.69 bits per heavy atom. The van der Waals surface area contributed by atoms with Gasteiger partial charge in [-0.1, -0.05) is 12.8 Å². The van der Waals surface area contributed by atoms with Crippen LogP contribution in [0.3, 0.4) is 0 Å². The van der Waals surface area contributed by atoms with E-state index in [1.165, 1.54) is 12.3 Å². The second kappa shape index (κ2) is 8.51. The number of likely N-dealkylation sites (tertiary alicyclic amines) is 1. The molecule has 5 rings (SSSR count). The van der Waals surface area contributed by atoms with E-state index in [2.05, 4.69) is 15.1 Å². The first-order valence-electron chi connectivity index (χ1n) is 10.6. The van der Waals surface area contributed by atoms with Crippen molar-refractivity contribution in [2.24, 2.45) is 0 Å². The number of aromatic nitrogens is 5. The van der Waals surface area contributed by atoms with Gasteiger partial charge in [0, 0.05) is 30.9 Å². The molecule has 32 heavy (non-hydrogen) atoms. The number of pyridine rings is 2. The lowest BCUT2D eigenvalue weighted by Gasteiger charge is -2.19. The van der Waals surface area contributed by atoms with Gasteiger partial charge in [-0.05, 0) is 42.2 Å². The van der Waals surface area contributed by atoms with Crippen LogP contribution >= 0.6 is 0 Å². The molecule has 1 saturated heterocycles. The fourth-order valence-corrected chi connectivity index (χ4v) is 4.75. The van der Waals surface area contributed by atoms with Gasteiger partial charge in [-0.3, -0.25) is 14.2 Å². The van der Waals surface area contributed by atoms with Crippen LogP contribution in [-0.2, 0) is 17.1 Å². The van der Waals surface area contributed by atoms with Crippen molar-refractivity contribution in [3.8, 4) is 11.4 Å². The topological polar surface area (TPSA) is 91.4 Å². The SMILES string of the molecule is C[S+]([O-])Cn1nc(-c2cnc3ccc(F)cn23)c2cnc(C(=O)N3CCCCCC3)cc21. The molecular weight excluding hydrogens is 431 g/mol. The maximum atomic E-state index is 13.9. The van der Waals surface area contributed by atoms with Crippen LogP contribution in [0.15, 0.2) is 36.8 Å². The van der Waals surface area contributed by atoms with Crippen molar-refractivity contribution in [2.45, 2.75) is 31.6 Å². The van der Waals surface area contributed by atoms with Gasteiger partial charge in [-0.25, -0.2) is 14.1 Å². The molecule has 166 valence electrons. The summed E-state index contributed by atoms with van der Waals surface area (Å²) in [7, 11) is 0. The highest BCUT2D eigenvalue weighted by molar-refractivity contribution is 7.89. The van der Waals surface area contributed by atoms with Crippen LogP contribution in [0.1, 0.15) is 36.2 Å². The van der Waals surface area contributed by atoms with Gasteiger partial charge in [0.15, 0.2) is 5.88 Å². The molecule has 4 aromatic heterocycles. The zero-order valence-corrected chi connectivity index (χ0v) is 18.5. The Morgan fingerprint density at radius 2 is 1.94 bits per heavy atom. The molecule has 0 radical (unpaired) electrons. The average molecular weight is 455 g/mol. The number of amides is 1. The molecule has 5 heterocycles. The lowest BCUT2D eigenvalue weighted by atomic mass is 10.2. The lowest BCUT2D eigenvalue weighted by Crippen LogP contribution is -2.32. The standard InChI is InChI=1S/C22H23FN6O2S/c1-32(31)14-29-18-10-17(22(30)27-8-4-2-3-5-9-27)24-11-16(18)21(26-29)19-12-25-20-7-6-15(23)13-28(19)20/h6-7,10-13H,2-5,8-9,14H2,1H3. The van der Waals surface area contributed by atoms with Crippen molar-refractivity contribution < 1.29 is 13.7 Å². The van der Waals surface area contributed by atoms with Crippen molar-refractivity contribution >= 4 is 33.6 Å². The summed E-state index contributed by atoms with van der Waals surface area (Å²) < 4.78 is 29.1. The lowest BCUT2D eigenvalue weighted by molar-refractivity contribution is 0.0756. The third kappa shape index (κ3) is 3.84. The second-order valence-corrected chi connectivity index (χ2v) is 9.47. The number of nitrogens with zero attached hydrogens (tertiary/aromatic N) is 6. The van der Waals surface area contributed by atoms with Gasteiger partial charge in [0.05, 0.1) is 23.7 Å². The van der Waals surface area contributed by atoms with E-state index < -0.39 is 17.0 Å². The Labute approximate surface area is 187 Å². The van der Waals surface area contributed by atoms with E-state index in [1.807, 2.05) is 4.90 Å². The molecular formula is C22H23FN6O2S. The number of hydrogen-bond acceptors (Lipinski definition) is 5. The van der Waals surface area contributed by atoms with E-state index in [4.69, 9.17) is 0 Å². The molecule has 0 saturated carbocycles. The van der Waals surface area contributed by atoms with Gasteiger partial charge in [0.2, 0.25) is 0 Å². The van der Waals surface area contributed by atoms with Crippen molar-refractivity contribution in [3.05, 3.63) is 48.3 Å². The maximum absolute atomic E-state index is 13.9. The molecule has 1 unspecified atom stereocenters. The largest absolute Gasteiger partial charge is 0.615 e. The highest BCUT2D eigenvalue weighted by atomic mass is 32.2. The van der Waals surface area contributed by atoms with Crippen molar-refractivity contribution in [1.29, 1.82) is 0 Å². The summed E-state index contributed by atoms with van der Waals surface area (Å²) in [6, 6.07) is 4.66. The molecule has 1 atom stereocenters. The Kier molecular flexibility index (Phi) is 5.56. The molecule has 1 aliphatic heterocycles. The number of fused-ring (bicyclic) bond motifs is 2. The average Bonchev–Trinajstić information content (AvgIpc) is 3.21. The summed E-state index contributed by atoms with van der Waals surface area (Å²) in [5.74, 6) is -0.320. The monoisotopic (exact) mass is 454 g/mol. The maximum Gasteiger partial charge on any atom is 0.272 e. The van der Waals surface area contributed by atoms with Gasteiger partial charge >= 0.3 is 0 Å². The highest BCUT2D eigenvalue weighted by Gasteiger charge is 2.23. The zero-order chi connectivity index (χ0) is 22.2. The van der Waals surface area contributed by atoms with E-state index in [1.54, 1.807) is 39.9 Å². The van der Waals surface area contributed by atoms with Crippen LogP contribution in [0.5, 0.6) is 0 Å². The molecule has 0 aliphatic carbocycles. The summed E-state index contributed by atoms with van der Waals surface area (Å²) in [5, 5.41) is 5.34. The Bertz CT molecular complexity index is 1290. The van der Waals surface area contributed by atoms with Gasteiger partial charge in [0.25, 0.3) is 5.91 Å². The van der Waals surface area contributed by atoms with E-state index in [0.717, 1.165) is 38.8 Å². The molecule has 8 nitrogen and oxygen atoms in total. The number of halogens is 1. The summed E-state index contributed by atoms with van der Waals surface area (Å²) >= 11 is -1.16. The first-order valence-corrected chi connectivity index (χ1v) is 12.3. The molecule has 1 aliphatic rings. The minimum absolute atomic E-state index is 0.0994. The molecule has 0 N–H and O–H groups in total. The Balaban J connectivity index is 1.62. The predicted molar refractivity (Wildman–Crippen MR) is 120 cm³/mol. The van der Waals surface area contributed by atoms with Crippen LogP contribution in [-0.4, -0.2) is 58.9 Å². The minimum atomic E-state index is -1.16. The van der Waals surface area contributed by atoms with Crippen LogP contribution in [0.2, 0.25) is 0 Å². The third-order valence-corrected chi connectivity index (χ3v) is 6.37. The quantitative estimate of drug-likeness (QED) is 0.442. The van der Waals surface area contributed by atoms with E-state index in [0.29, 0.717) is 33.6 Å². The number of imidazole rings is 1. The molecule has 10 heteroatoms. The normalized spacial score (nSPS) is 15.9. The van der Waals surface area contributed by atoms with Crippen LogP contribution < -0.4 is 0 Å². The third-order valence-electron chi connectivity index (χ3n) is 5.76. The van der Waals surface area contributed by atoms with E-state index >= 15 is 0 Å². The zero-order valence-electron chi connectivity index (χ0n) is 17.7. The van der Waals surface area contributed by atoms with Crippen molar-refractivity contribution in [1.82, 2.24) is 29.0 Å². The molecule has 0 spiro atoms.